The minimum absolute atomic E-state index is 0.403. The minimum atomic E-state index is -3.68. The van der Waals surface area contributed by atoms with Gasteiger partial charge in [-0.1, -0.05) is 99.9 Å². The second-order valence-electron chi connectivity index (χ2n) is 4.09. The van der Waals surface area contributed by atoms with Crippen LogP contribution < -0.4 is 5.19 Å². The lowest BCUT2D eigenvalue weighted by Crippen LogP contribution is -2.56. The summed E-state index contributed by atoms with van der Waals surface area (Å²) in [6, 6.07) is 8.15. The molecular weight excluding hydrogens is 437 g/mol. The third-order valence-corrected chi connectivity index (χ3v) is 5.79. The van der Waals surface area contributed by atoms with Gasteiger partial charge in [0.1, 0.15) is 0 Å². The SMILES string of the molecule is C[Si](OC(=O)C(Cl)(Cl)Cl)(OC(=O)C(Cl)(Cl)Cl)c1ccccc1. The molecule has 0 aliphatic carbocycles. The highest BCUT2D eigenvalue weighted by atomic mass is 35.6. The van der Waals surface area contributed by atoms with Crippen molar-refractivity contribution in [2.24, 2.45) is 0 Å². The zero-order valence-electron chi connectivity index (χ0n) is 10.8. The molecule has 0 aliphatic heterocycles. The van der Waals surface area contributed by atoms with Gasteiger partial charge in [-0.05, 0) is 0 Å². The van der Waals surface area contributed by atoms with E-state index in [1.165, 1.54) is 6.55 Å². The Balaban J connectivity index is 3.16. The molecule has 22 heavy (non-hydrogen) atoms. The highest BCUT2D eigenvalue weighted by Gasteiger charge is 2.49. The zero-order chi connectivity index (χ0) is 17.2. The molecule has 1 aromatic carbocycles. The van der Waals surface area contributed by atoms with E-state index in [2.05, 4.69) is 0 Å². The molecule has 0 radical (unpaired) electrons. The third-order valence-electron chi connectivity index (χ3n) is 2.34. The van der Waals surface area contributed by atoms with Gasteiger partial charge in [0.05, 0.1) is 0 Å². The van der Waals surface area contributed by atoms with E-state index in [0.29, 0.717) is 5.19 Å². The van der Waals surface area contributed by atoms with E-state index >= 15 is 0 Å². The molecule has 0 bridgehead atoms. The van der Waals surface area contributed by atoms with Crippen molar-refractivity contribution in [3.05, 3.63) is 30.3 Å². The molecule has 0 atom stereocenters. The van der Waals surface area contributed by atoms with Gasteiger partial charge in [-0.2, -0.15) is 0 Å². The largest absolute Gasteiger partial charge is 0.496 e. The third kappa shape index (κ3) is 5.64. The van der Waals surface area contributed by atoms with Crippen LogP contribution in [0.25, 0.3) is 0 Å². The molecule has 0 saturated heterocycles. The smallest absolute Gasteiger partial charge is 0.479 e. The van der Waals surface area contributed by atoms with Gasteiger partial charge < -0.3 is 8.85 Å². The Morgan fingerprint density at radius 3 is 1.55 bits per heavy atom. The Labute approximate surface area is 157 Å². The van der Waals surface area contributed by atoms with Gasteiger partial charge in [0.15, 0.2) is 0 Å². The van der Waals surface area contributed by atoms with Crippen molar-refractivity contribution in [1.82, 2.24) is 0 Å². The topological polar surface area (TPSA) is 52.6 Å². The molecule has 0 unspecified atom stereocenters. The molecule has 0 heterocycles. The molecule has 0 amide bonds. The monoisotopic (exact) mass is 442 g/mol. The lowest BCUT2D eigenvalue weighted by Gasteiger charge is -2.28. The quantitative estimate of drug-likeness (QED) is 0.525. The van der Waals surface area contributed by atoms with Crippen LogP contribution in [0.3, 0.4) is 0 Å². The van der Waals surface area contributed by atoms with Crippen molar-refractivity contribution in [2.75, 3.05) is 0 Å². The van der Waals surface area contributed by atoms with Crippen LogP contribution in [0.4, 0.5) is 0 Å². The van der Waals surface area contributed by atoms with Crippen LogP contribution in [-0.4, -0.2) is 28.1 Å². The first-order valence-electron chi connectivity index (χ1n) is 5.52. The molecule has 1 rings (SSSR count). The van der Waals surface area contributed by atoms with Gasteiger partial charge in [0.2, 0.25) is 0 Å². The zero-order valence-corrected chi connectivity index (χ0v) is 16.3. The van der Waals surface area contributed by atoms with Gasteiger partial charge in [0, 0.05) is 11.7 Å². The van der Waals surface area contributed by atoms with Gasteiger partial charge in [0.25, 0.3) is 7.59 Å². The van der Waals surface area contributed by atoms with Crippen LogP contribution in [0.2, 0.25) is 6.55 Å². The number of carbonyl (C=O) groups is 2. The molecular formula is C11H8Cl6O4Si. The molecule has 0 fully saturated rings. The summed E-state index contributed by atoms with van der Waals surface area (Å²) in [5.41, 5.74) is 0. The Bertz CT molecular complexity index is 526. The summed E-state index contributed by atoms with van der Waals surface area (Å²) in [5, 5.41) is 0.403. The molecule has 0 aliphatic rings. The average molecular weight is 445 g/mol. The number of alkyl halides is 6. The molecule has 0 N–H and O–H groups in total. The van der Waals surface area contributed by atoms with Crippen molar-refractivity contribution in [1.29, 1.82) is 0 Å². The summed E-state index contributed by atoms with van der Waals surface area (Å²) >= 11 is 32.8. The highest BCUT2D eigenvalue weighted by molar-refractivity contribution is 6.86. The molecule has 4 nitrogen and oxygen atoms in total. The first-order valence-corrected chi connectivity index (χ1v) is 10.1. The predicted octanol–water partition coefficient (Wildman–Crippen LogP) is 3.79. The molecule has 122 valence electrons. The fourth-order valence-corrected chi connectivity index (χ4v) is 4.06. The normalized spacial score (nSPS) is 12.7. The summed E-state index contributed by atoms with van der Waals surface area (Å²) in [6.45, 7) is 1.38. The number of hydrogen-bond donors (Lipinski definition) is 0. The maximum atomic E-state index is 11.8. The lowest BCUT2D eigenvalue weighted by molar-refractivity contribution is -0.139. The summed E-state index contributed by atoms with van der Waals surface area (Å²) < 4.78 is 5.60. The molecule has 1 aromatic rings. The molecule has 0 aromatic heterocycles. The maximum Gasteiger partial charge on any atom is 0.496 e. The van der Waals surface area contributed by atoms with Gasteiger partial charge in [-0.15, -0.1) is 0 Å². The highest BCUT2D eigenvalue weighted by Crippen LogP contribution is 2.31. The molecule has 0 saturated carbocycles. The Morgan fingerprint density at radius 2 is 1.23 bits per heavy atom. The Hall–Kier alpha value is 0.117. The Kier molecular flexibility index (Phi) is 6.73. The van der Waals surface area contributed by atoms with E-state index in [9.17, 15) is 9.59 Å². The second-order valence-corrected chi connectivity index (χ2v) is 11.5. The first-order chi connectivity index (χ1) is 9.86. The van der Waals surface area contributed by atoms with Gasteiger partial charge >= 0.3 is 20.5 Å². The van der Waals surface area contributed by atoms with Gasteiger partial charge in [-0.25, -0.2) is 9.59 Å². The minimum Gasteiger partial charge on any atom is -0.479 e. The van der Waals surface area contributed by atoms with Crippen LogP contribution >= 0.6 is 69.6 Å². The fraction of sp³-hybridized carbons (Fsp3) is 0.273. The van der Waals surface area contributed by atoms with E-state index in [1.807, 2.05) is 0 Å². The summed E-state index contributed by atoms with van der Waals surface area (Å²) in [7, 11) is -3.68. The van der Waals surface area contributed by atoms with Crippen LogP contribution in [0, 0.1) is 0 Å². The van der Waals surface area contributed by atoms with E-state index in [0.717, 1.165) is 0 Å². The Morgan fingerprint density at radius 1 is 0.864 bits per heavy atom. The number of hydrogen-bond acceptors (Lipinski definition) is 4. The average Bonchev–Trinajstić information content (AvgIpc) is 2.37. The van der Waals surface area contributed by atoms with Gasteiger partial charge in [-0.3, -0.25) is 0 Å². The van der Waals surface area contributed by atoms with Crippen LogP contribution in [0.1, 0.15) is 0 Å². The fourth-order valence-electron chi connectivity index (χ4n) is 1.35. The summed E-state index contributed by atoms with van der Waals surface area (Å²) in [4.78, 5) is 23.6. The molecule has 0 spiro atoms. The van der Waals surface area contributed by atoms with Crippen molar-refractivity contribution >= 4 is 95.3 Å². The number of carbonyl (C=O) groups excluding carboxylic acids is 2. The van der Waals surface area contributed by atoms with E-state index in [-0.39, 0.29) is 0 Å². The van der Waals surface area contributed by atoms with Crippen LogP contribution in [0.15, 0.2) is 30.3 Å². The predicted molar refractivity (Wildman–Crippen MR) is 90.5 cm³/mol. The maximum absolute atomic E-state index is 11.8. The van der Waals surface area contributed by atoms with Crippen LogP contribution in [0.5, 0.6) is 0 Å². The van der Waals surface area contributed by atoms with E-state index < -0.39 is 28.1 Å². The van der Waals surface area contributed by atoms with E-state index in [4.69, 9.17) is 78.5 Å². The number of halogens is 6. The van der Waals surface area contributed by atoms with Crippen molar-refractivity contribution in [2.45, 2.75) is 14.1 Å². The van der Waals surface area contributed by atoms with Crippen molar-refractivity contribution < 1.29 is 18.4 Å². The summed E-state index contributed by atoms with van der Waals surface area (Å²) in [5.74, 6) is -2.40. The van der Waals surface area contributed by atoms with Crippen molar-refractivity contribution in [3.8, 4) is 0 Å². The second kappa shape index (κ2) is 7.34. The number of rotatable bonds is 3. The number of benzene rings is 1. The van der Waals surface area contributed by atoms with Crippen molar-refractivity contribution in [3.63, 3.8) is 0 Å². The standard InChI is InChI=1S/C11H8Cl6O4Si/c1-22(7-5-3-2-4-6-7,20-8(18)10(12,13)14)21-9(19)11(15,16)17/h2-6H,1H3. The van der Waals surface area contributed by atoms with Crippen LogP contribution in [-0.2, 0) is 18.4 Å². The molecule has 11 heteroatoms. The van der Waals surface area contributed by atoms with E-state index in [1.54, 1.807) is 30.3 Å². The lowest BCUT2D eigenvalue weighted by atomic mass is 10.4. The first kappa shape index (κ1) is 20.2. The summed E-state index contributed by atoms with van der Waals surface area (Å²) in [6.07, 6.45) is 0.